The molecule has 2 aromatic carbocycles. The van der Waals surface area contributed by atoms with E-state index >= 15 is 0 Å². The van der Waals surface area contributed by atoms with Crippen LogP contribution in [0.15, 0.2) is 65.6 Å². The van der Waals surface area contributed by atoms with Crippen molar-refractivity contribution in [2.75, 3.05) is 20.1 Å². The molecule has 0 bridgehead atoms. The van der Waals surface area contributed by atoms with Gasteiger partial charge in [-0.25, -0.2) is 4.79 Å². The Balaban J connectivity index is 1.34. The number of hydrogen-bond donors (Lipinski definition) is 2. The Morgan fingerprint density at radius 1 is 1.06 bits per heavy atom. The van der Waals surface area contributed by atoms with Gasteiger partial charge in [-0.05, 0) is 75.0 Å². The van der Waals surface area contributed by atoms with Gasteiger partial charge < -0.3 is 10.2 Å². The summed E-state index contributed by atoms with van der Waals surface area (Å²) in [5, 5.41) is 8.15. The number of nitrogens with one attached hydrogen (secondary N) is 2. The molecule has 2 atom stereocenters. The molecule has 1 aliphatic heterocycles. The highest BCUT2D eigenvalue weighted by Gasteiger charge is 2.40. The normalized spacial score (nSPS) is 19.9. The predicted molar refractivity (Wildman–Crippen MR) is 142 cm³/mol. The molecule has 2 amide bonds. The van der Waals surface area contributed by atoms with Crippen molar-refractivity contribution in [1.82, 2.24) is 24.7 Å². The molecule has 2 N–H and O–H groups in total. The van der Waals surface area contributed by atoms with Crippen LogP contribution in [0.25, 0.3) is 0 Å². The lowest BCUT2D eigenvalue weighted by Crippen LogP contribution is -2.38. The van der Waals surface area contributed by atoms with Crippen LogP contribution in [-0.2, 0) is 6.54 Å². The van der Waals surface area contributed by atoms with Gasteiger partial charge in [0.1, 0.15) is 0 Å². The number of carbonyl (C=O) groups is 1. The highest BCUT2D eigenvalue weighted by Crippen LogP contribution is 2.44. The van der Waals surface area contributed by atoms with Crippen molar-refractivity contribution in [2.45, 2.75) is 61.9 Å². The Hall–Kier alpha value is -2.77. The van der Waals surface area contributed by atoms with Crippen LogP contribution < -0.4 is 10.0 Å². The zero-order chi connectivity index (χ0) is 24.4. The van der Waals surface area contributed by atoms with Crippen LogP contribution in [0.5, 0.6) is 0 Å². The number of urea groups is 1. The monoisotopic (exact) mass is 489 g/mol. The minimum absolute atomic E-state index is 0.000126. The van der Waals surface area contributed by atoms with Crippen molar-refractivity contribution in [1.29, 1.82) is 0 Å². The first-order chi connectivity index (χ1) is 17.0. The van der Waals surface area contributed by atoms with Crippen molar-refractivity contribution in [3.05, 3.63) is 83.2 Å². The van der Waals surface area contributed by atoms with Gasteiger partial charge in [0, 0.05) is 54.0 Å². The number of nitrogens with zero attached hydrogens (tertiary/aromatic N) is 3. The second kappa shape index (κ2) is 10.5. The third kappa shape index (κ3) is 5.41. The van der Waals surface area contributed by atoms with Crippen molar-refractivity contribution >= 4 is 18.0 Å². The van der Waals surface area contributed by atoms with E-state index in [1.165, 1.54) is 29.8 Å². The number of aromatic nitrogens is 2. The number of carbonyl (C=O) groups excluding carboxylic acids is 1. The lowest BCUT2D eigenvalue weighted by molar-refractivity contribution is 0.207. The van der Waals surface area contributed by atoms with Crippen molar-refractivity contribution in [3.63, 3.8) is 0 Å². The van der Waals surface area contributed by atoms with Gasteiger partial charge in [-0.1, -0.05) is 42.5 Å². The molecule has 6 nitrogen and oxygen atoms in total. The highest BCUT2D eigenvalue weighted by molar-refractivity contribution is 7.97. The molecule has 0 spiro atoms. The number of likely N-dealkylation sites (tertiary alicyclic amines) is 1. The maximum absolute atomic E-state index is 13.3. The van der Waals surface area contributed by atoms with Crippen molar-refractivity contribution in [3.8, 4) is 0 Å². The summed E-state index contributed by atoms with van der Waals surface area (Å²) < 4.78 is 5.29. The fraction of sp³-hybridized carbons (Fsp3) is 0.429. The summed E-state index contributed by atoms with van der Waals surface area (Å²) in [5.74, 6) is 1.09. The molecular formula is C28H35N5OS. The standard InChI is InChI=1S/C28H35N5OS/c1-19(2)33-27(15-26(31-33)22-11-12-22)25-18-32(17-24(25)21-7-5-4-6-8-21)28(34)30-16-20-9-13-23(14-10-20)35-29-3/h4-10,13-15,19,22,24-25,29H,11-12,16-18H2,1-3H3,(H,30,34). The summed E-state index contributed by atoms with van der Waals surface area (Å²) in [4.78, 5) is 16.4. The van der Waals surface area contributed by atoms with E-state index in [2.05, 4.69) is 89.2 Å². The summed E-state index contributed by atoms with van der Waals surface area (Å²) in [7, 11) is 1.91. The molecule has 2 fully saturated rings. The molecule has 1 saturated carbocycles. The molecule has 0 radical (unpaired) electrons. The maximum atomic E-state index is 13.3. The molecule has 35 heavy (non-hydrogen) atoms. The second-order valence-electron chi connectivity index (χ2n) is 9.94. The third-order valence-electron chi connectivity index (χ3n) is 7.07. The first-order valence-corrected chi connectivity index (χ1v) is 13.4. The first-order valence-electron chi connectivity index (χ1n) is 12.6. The Morgan fingerprint density at radius 2 is 1.77 bits per heavy atom. The summed E-state index contributed by atoms with van der Waals surface area (Å²) in [6.45, 7) is 6.33. The Kier molecular flexibility index (Phi) is 7.16. The first kappa shape index (κ1) is 23.9. The van der Waals surface area contributed by atoms with E-state index in [0.717, 1.165) is 10.5 Å². The SMILES string of the molecule is CNSc1ccc(CNC(=O)N2CC(c3ccccc3)C(c3cc(C4CC4)nn3C(C)C)C2)cc1. The quantitative estimate of drug-likeness (QED) is 0.401. The zero-order valence-corrected chi connectivity index (χ0v) is 21.6. The topological polar surface area (TPSA) is 62.2 Å². The smallest absolute Gasteiger partial charge is 0.317 e. The van der Waals surface area contributed by atoms with Gasteiger partial charge in [-0.2, -0.15) is 5.10 Å². The summed E-state index contributed by atoms with van der Waals surface area (Å²) in [6, 6.07) is 21.5. The lowest BCUT2D eigenvalue weighted by atomic mass is 9.86. The Bertz CT molecular complexity index is 1140. The lowest BCUT2D eigenvalue weighted by Gasteiger charge is -2.21. The largest absolute Gasteiger partial charge is 0.334 e. The summed E-state index contributed by atoms with van der Waals surface area (Å²) in [5.41, 5.74) is 4.88. The van der Waals surface area contributed by atoms with Crippen LogP contribution >= 0.6 is 11.9 Å². The second-order valence-corrected chi connectivity index (χ2v) is 11.0. The fourth-order valence-electron chi connectivity index (χ4n) is 5.09. The maximum Gasteiger partial charge on any atom is 0.317 e. The van der Waals surface area contributed by atoms with Gasteiger partial charge in [0.15, 0.2) is 0 Å². The zero-order valence-electron chi connectivity index (χ0n) is 20.8. The van der Waals surface area contributed by atoms with Gasteiger partial charge in [-0.15, -0.1) is 0 Å². The molecule has 1 aromatic heterocycles. The van der Waals surface area contributed by atoms with Crippen LogP contribution in [0.4, 0.5) is 4.79 Å². The number of amides is 2. The number of hydrogen-bond acceptors (Lipinski definition) is 4. The molecular weight excluding hydrogens is 454 g/mol. The molecule has 1 saturated heterocycles. The van der Waals surface area contributed by atoms with E-state index in [1.807, 2.05) is 11.9 Å². The molecule has 2 unspecified atom stereocenters. The number of benzene rings is 2. The molecule has 2 aliphatic rings. The van der Waals surface area contributed by atoms with Crippen LogP contribution in [0.2, 0.25) is 0 Å². The molecule has 1 aliphatic carbocycles. The van der Waals surface area contributed by atoms with Crippen LogP contribution in [0.1, 0.15) is 73.0 Å². The van der Waals surface area contributed by atoms with Crippen molar-refractivity contribution in [2.24, 2.45) is 0 Å². The summed E-state index contributed by atoms with van der Waals surface area (Å²) >= 11 is 1.58. The average molecular weight is 490 g/mol. The van der Waals surface area contributed by atoms with E-state index in [9.17, 15) is 4.79 Å². The average Bonchev–Trinajstić information content (AvgIpc) is 3.46. The molecule has 2 heterocycles. The Labute approximate surface area is 212 Å². The van der Waals surface area contributed by atoms with E-state index in [0.29, 0.717) is 31.6 Å². The minimum atomic E-state index is 0.000126. The molecule has 184 valence electrons. The highest BCUT2D eigenvalue weighted by atomic mass is 32.2. The predicted octanol–water partition coefficient (Wildman–Crippen LogP) is 5.66. The molecule has 7 heteroatoms. The van der Waals surface area contributed by atoms with E-state index < -0.39 is 0 Å². The van der Waals surface area contributed by atoms with Crippen molar-refractivity contribution < 1.29 is 4.79 Å². The van der Waals surface area contributed by atoms with E-state index in [4.69, 9.17) is 5.10 Å². The fourth-order valence-corrected chi connectivity index (χ4v) is 5.60. The molecule has 5 rings (SSSR count). The van der Waals surface area contributed by atoms with E-state index in [1.54, 1.807) is 11.9 Å². The van der Waals surface area contributed by atoms with Crippen LogP contribution in [0.3, 0.4) is 0 Å². The third-order valence-corrected chi connectivity index (χ3v) is 7.78. The van der Waals surface area contributed by atoms with Crippen LogP contribution in [0, 0.1) is 0 Å². The van der Waals surface area contributed by atoms with Crippen LogP contribution in [-0.4, -0.2) is 40.8 Å². The van der Waals surface area contributed by atoms with Gasteiger partial charge in [0.25, 0.3) is 0 Å². The number of rotatable bonds is 8. The van der Waals surface area contributed by atoms with Gasteiger partial charge >= 0.3 is 6.03 Å². The minimum Gasteiger partial charge on any atom is -0.334 e. The van der Waals surface area contributed by atoms with Gasteiger partial charge in [0.2, 0.25) is 0 Å². The molecule has 3 aromatic rings. The van der Waals surface area contributed by atoms with Gasteiger partial charge in [-0.3, -0.25) is 9.40 Å². The Morgan fingerprint density at radius 3 is 2.43 bits per heavy atom. The summed E-state index contributed by atoms with van der Waals surface area (Å²) in [6.07, 6.45) is 2.48. The van der Waals surface area contributed by atoms with E-state index in [-0.39, 0.29) is 17.9 Å². The van der Waals surface area contributed by atoms with Gasteiger partial charge in [0.05, 0.1) is 5.69 Å².